The summed E-state index contributed by atoms with van der Waals surface area (Å²) in [6.07, 6.45) is 0.139. The zero-order chi connectivity index (χ0) is 19.7. The monoisotopic (exact) mass is 390 g/mol. The molecule has 0 saturated carbocycles. The molecule has 1 fully saturated rings. The van der Waals surface area contributed by atoms with E-state index in [9.17, 15) is 18.0 Å². The summed E-state index contributed by atoms with van der Waals surface area (Å²) < 4.78 is 46.7. The topological polar surface area (TPSA) is 68.5 Å². The zero-order valence-electron chi connectivity index (χ0n) is 14.7. The van der Waals surface area contributed by atoms with E-state index in [-0.39, 0.29) is 23.0 Å². The molecular formula is C19H17F3N4O2. The van der Waals surface area contributed by atoms with Crippen molar-refractivity contribution >= 4 is 11.6 Å². The number of carbonyl (C=O) groups is 1. The van der Waals surface area contributed by atoms with Crippen molar-refractivity contribution in [2.75, 3.05) is 13.2 Å². The summed E-state index contributed by atoms with van der Waals surface area (Å²) in [4.78, 5) is 16.9. The van der Waals surface area contributed by atoms with Gasteiger partial charge in [-0.3, -0.25) is 4.79 Å². The Kier molecular flexibility index (Phi) is 4.99. The predicted octanol–water partition coefficient (Wildman–Crippen LogP) is 3.38. The maximum atomic E-state index is 13.6. The fourth-order valence-corrected chi connectivity index (χ4v) is 3.18. The van der Waals surface area contributed by atoms with Crippen molar-refractivity contribution in [1.82, 2.24) is 19.9 Å². The summed E-state index contributed by atoms with van der Waals surface area (Å²) in [6, 6.07) is 6.50. The molecule has 0 radical (unpaired) electrons. The molecule has 1 unspecified atom stereocenters. The lowest BCUT2D eigenvalue weighted by molar-refractivity contribution is 0.0859. The van der Waals surface area contributed by atoms with E-state index in [2.05, 4.69) is 15.4 Å². The molecule has 9 heteroatoms. The molecule has 1 amide bonds. The molecule has 1 aromatic carbocycles. The van der Waals surface area contributed by atoms with Gasteiger partial charge >= 0.3 is 0 Å². The van der Waals surface area contributed by atoms with E-state index in [1.54, 1.807) is 0 Å². The zero-order valence-corrected chi connectivity index (χ0v) is 14.7. The molecule has 4 rings (SSSR count). The van der Waals surface area contributed by atoms with Crippen LogP contribution in [0.15, 0.2) is 36.5 Å². The van der Waals surface area contributed by atoms with Gasteiger partial charge < -0.3 is 10.1 Å². The van der Waals surface area contributed by atoms with Crippen LogP contribution in [0.1, 0.15) is 35.3 Å². The molecule has 1 aliphatic rings. The average molecular weight is 390 g/mol. The van der Waals surface area contributed by atoms with Gasteiger partial charge in [0.2, 0.25) is 0 Å². The molecule has 1 saturated heterocycles. The number of fused-ring (bicyclic) bond motifs is 1. The van der Waals surface area contributed by atoms with Crippen LogP contribution in [0, 0.1) is 5.82 Å². The molecule has 0 bridgehead atoms. The number of rotatable bonds is 5. The Hall–Kier alpha value is -2.94. The Bertz CT molecular complexity index is 998. The van der Waals surface area contributed by atoms with Crippen LogP contribution in [0.25, 0.3) is 16.9 Å². The minimum atomic E-state index is -2.83. The molecule has 1 atom stereocenters. The quantitative estimate of drug-likeness (QED) is 0.725. The highest BCUT2D eigenvalue weighted by molar-refractivity contribution is 5.99. The summed E-state index contributed by atoms with van der Waals surface area (Å²) in [5, 5.41) is 6.65. The number of ether oxygens (including phenoxy) is 1. The lowest BCUT2D eigenvalue weighted by Crippen LogP contribution is -2.31. The van der Waals surface area contributed by atoms with Gasteiger partial charge in [0.05, 0.1) is 18.0 Å². The third kappa shape index (κ3) is 3.57. The van der Waals surface area contributed by atoms with E-state index in [1.165, 1.54) is 36.5 Å². The maximum Gasteiger partial charge on any atom is 0.280 e. The molecule has 28 heavy (non-hydrogen) atoms. The number of hydrogen-bond donors (Lipinski definition) is 1. The Morgan fingerprint density at radius 2 is 2.11 bits per heavy atom. The highest BCUT2D eigenvalue weighted by atomic mass is 19.3. The molecule has 0 spiro atoms. The first-order valence-electron chi connectivity index (χ1n) is 8.85. The van der Waals surface area contributed by atoms with Crippen LogP contribution < -0.4 is 5.32 Å². The molecule has 6 nitrogen and oxygen atoms in total. The SMILES string of the molecule is O=C(NCC1CCCO1)c1cnn2c(C(F)F)cc(-c3ccc(F)cc3)nc12. The van der Waals surface area contributed by atoms with E-state index in [0.29, 0.717) is 18.7 Å². The minimum Gasteiger partial charge on any atom is -0.376 e. The first-order chi connectivity index (χ1) is 13.5. The first kappa shape index (κ1) is 18.4. The highest BCUT2D eigenvalue weighted by Gasteiger charge is 2.23. The van der Waals surface area contributed by atoms with Crippen molar-refractivity contribution in [2.45, 2.75) is 25.4 Å². The largest absolute Gasteiger partial charge is 0.376 e. The van der Waals surface area contributed by atoms with Crippen molar-refractivity contribution in [2.24, 2.45) is 0 Å². The molecule has 2 aromatic heterocycles. The van der Waals surface area contributed by atoms with Crippen molar-refractivity contribution in [3.63, 3.8) is 0 Å². The van der Waals surface area contributed by atoms with Gasteiger partial charge in [0, 0.05) is 18.7 Å². The summed E-state index contributed by atoms with van der Waals surface area (Å²) in [7, 11) is 0. The van der Waals surface area contributed by atoms with Crippen LogP contribution in [-0.4, -0.2) is 39.8 Å². The fraction of sp³-hybridized carbons (Fsp3) is 0.316. The van der Waals surface area contributed by atoms with Crippen molar-refractivity contribution < 1.29 is 22.7 Å². The van der Waals surface area contributed by atoms with Crippen LogP contribution >= 0.6 is 0 Å². The van der Waals surface area contributed by atoms with Gasteiger partial charge in [-0.2, -0.15) is 5.10 Å². The van der Waals surface area contributed by atoms with Gasteiger partial charge in [0.1, 0.15) is 17.1 Å². The lowest BCUT2D eigenvalue weighted by atomic mass is 10.1. The van der Waals surface area contributed by atoms with Crippen LogP contribution in [0.4, 0.5) is 13.2 Å². The first-order valence-corrected chi connectivity index (χ1v) is 8.85. The number of aromatic nitrogens is 3. The highest BCUT2D eigenvalue weighted by Crippen LogP contribution is 2.27. The van der Waals surface area contributed by atoms with E-state index in [0.717, 1.165) is 17.4 Å². The Balaban J connectivity index is 1.71. The Morgan fingerprint density at radius 3 is 2.79 bits per heavy atom. The molecule has 146 valence electrons. The fourth-order valence-electron chi connectivity index (χ4n) is 3.18. The number of amides is 1. The smallest absolute Gasteiger partial charge is 0.280 e. The summed E-state index contributed by atoms with van der Waals surface area (Å²) in [5.74, 6) is -0.910. The molecule has 3 aromatic rings. The third-order valence-corrected chi connectivity index (χ3v) is 4.62. The van der Waals surface area contributed by atoms with Crippen LogP contribution in [0.3, 0.4) is 0 Å². The Morgan fingerprint density at radius 1 is 1.32 bits per heavy atom. The van der Waals surface area contributed by atoms with E-state index >= 15 is 0 Å². The maximum absolute atomic E-state index is 13.6. The number of alkyl halides is 2. The number of hydrogen-bond acceptors (Lipinski definition) is 4. The van der Waals surface area contributed by atoms with Crippen molar-refractivity contribution in [3.8, 4) is 11.3 Å². The second kappa shape index (κ2) is 7.59. The molecule has 1 aliphatic heterocycles. The predicted molar refractivity (Wildman–Crippen MR) is 94.6 cm³/mol. The van der Waals surface area contributed by atoms with E-state index in [4.69, 9.17) is 4.74 Å². The average Bonchev–Trinajstić information content (AvgIpc) is 3.35. The number of halogens is 3. The normalized spacial score (nSPS) is 16.8. The third-order valence-electron chi connectivity index (χ3n) is 4.62. The number of carbonyl (C=O) groups excluding carboxylic acids is 1. The van der Waals surface area contributed by atoms with Gasteiger partial charge in [-0.25, -0.2) is 22.7 Å². The minimum absolute atomic E-state index is 0.0157. The van der Waals surface area contributed by atoms with E-state index in [1.807, 2.05) is 0 Å². The second-order valence-electron chi connectivity index (χ2n) is 6.51. The van der Waals surface area contributed by atoms with Crippen LogP contribution in [-0.2, 0) is 4.74 Å². The van der Waals surface area contributed by atoms with Crippen molar-refractivity contribution in [1.29, 1.82) is 0 Å². The van der Waals surface area contributed by atoms with Crippen molar-refractivity contribution in [3.05, 3.63) is 53.6 Å². The number of nitrogens with zero attached hydrogens (tertiary/aromatic N) is 3. The lowest BCUT2D eigenvalue weighted by Gasteiger charge is -2.11. The van der Waals surface area contributed by atoms with E-state index < -0.39 is 23.8 Å². The number of nitrogens with one attached hydrogen (secondary N) is 1. The Labute approximate surface area is 158 Å². The van der Waals surface area contributed by atoms with Crippen LogP contribution in [0.5, 0.6) is 0 Å². The summed E-state index contributed by atoms with van der Waals surface area (Å²) in [5.41, 5.74) is 0.363. The van der Waals surface area contributed by atoms with Crippen LogP contribution in [0.2, 0.25) is 0 Å². The number of benzene rings is 1. The molecule has 3 heterocycles. The molecule has 1 N–H and O–H groups in total. The van der Waals surface area contributed by atoms with Gasteiger partial charge in [-0.05, 0) is 43.2 Å². The molecule has 0 aliphatic carbocycles. The van der Waals surface area contributed by atoms with Gasteiger partial charge in [0.15, 0.2) is 5.65 Å². The summed E-state index contributed by atoms with van der Waals surface area (Å²) in [6.45, 7) is 0.993. The van der Waals surface area contributed by atoms with Gasteiger partial charge in [0.25, 0.3) is 12.3 Å². The second-order valence-corrected chi connectivity index (χ2v) is 6.51. The van der Waals surface area contributed by atoms with Gasteiger partial charge in [-0.1, -0.05) is 0 Å². The summed E-state index contributed by atoms with van der Waals surface area (Å²) >= 11 is 0. The standard InChI is InChI=1S/C19H17F3N4O2/c20-12-5-3-11(4-6-12)15-8-16(17(21)22)26-18(25-15)14(10-24-26)19(27)23-9-13-2-1-7-28-13/h3-6,8,10,13,17H,1-2,7,9H2,(H,23,27). The van der Waals surface area contributed by atoms with Gasteiger partial charge in [-0.15, -0.1) is 0 Å². The molecular weight excluding hydrogens is 373 g/mol.